The van der Waals surface area contributed by atoms with Gasteiger partial charge in [-0.3, -0.25) is 14.4 Å². The Labute approximate surface area is 186 Å². The van der Waals surface area contributed by atoms with Crippen LogP contribution in [0.25, 0.3) is 0 Å². The van der Waals surface area contributed by atoms with Crippen molar-refractivity contribution in [1.29, 1.82) is 0 Å². The molecule has 6 nitrogen and oxygen atoms in total. The standard InChI is InChI=1S/C24H27F2N3O3/c1-2-13-27-23(31)21(28-22(30)17-7-9-18(25)10-8-17)16-11-14-29(15-12-16)24(32)19-5-3-4-6-20(19)26/h3-10,16,21H,2,11-15H2,1H3,(H,27,31)(H,28,30)/t21-/m0/s1. The fraction of sp³-hybridized carbons (Fsp3) is 0.375. The second-order valence-electron chi connectivity index (χ2n) is 7.86. The zero-order valence-electron chi connectivity index (χ0n) is 17.9. The monoisotopic (exact) mass is 443 g/mol. The molecule has 3 rings (SSSR count). The van der Waals surface area contributed by atoms with Crippen LogP contribution in [-0.4, -0.2) is 48.3 Å². The number of nitrogens with zero attached hydrogens (tertiary/aromatic N) is 1. The van der Waals surface area contributed by atoms with Crippen molar-refractivity contribution < 1.29 is 23.2 Å². The van der Waals surface area contributed by atoms with Gasteiger partial charge in [-0.25, -0.2) is 8.78 Å². The van der Waals surface area contributed by atoms with Crippen LogP contribution < -0.4 is 10.6 Å². The highest BCUT2D eigenvalue weighted by atomic mass is 19.1. The van der Waals surface area contributed by atoms with E-state index in [-0.39, 0.29) is 28.9 Å². The first-order valence-electron chi connectivity index (χ1n) is 10.8. The Kier molecular flexibility index (Phi) is 7.92. The molecular formula is C24H27F2N3O3. The molecule has 0 unspecified atom stereocenters. The number of likely N-dealkylation sites (tertiary alicyclic amines) is 1. The minimum atomic E-state index is -0.787. The molecule has 2 N–H and O–H groups in total. The lowest BCUT2D eigenvalue weighted by atomic mass is 9.88. The quantitative estimate of drug-likeness (QED) is 0.690. The van der Waals surface area contributed by atoms with Crippen molar-refractivity contribution in [3.8, 4) is 0 Å². The molecule has 1 aliphatic heterocycles. The Bertz CT molecular complexity index is 957. The number of amides is 3. The predicted octanol–water partition coefficient (Wildman–Crippen LogP) is 3.14. The van der Waals surface area contributed by atoms with Crippen LogP contribution in [0.4, 0.5) is 8.78 Å². The van der Waals surface area contributed by atoms with Gasteiger partial charge in [-0.2, -0.15) is 0 Å². The summed E-state index contributed by atoms with van der Waals surface area (Å²) in [6.07, 6.45) is 1.71. The first kappa shape index (κ1) is 23.4. The highest BCUT2D eigenvalue weighted by molar-refractivity contribution is 5.97. The Hall–Kier alpha value is -3.29. The minimum Gasteiger partial charge on any atom is -0.354 e. The van der Waals surface area contributed by atoms with E-state index in [0.29, 0.717) is 32.5 Å². The summed E-state index contributed by atoms with van der Waals surface area (Å²) in [6, 6.07) is 10.2. The van der Waals surface area contributed by atoms with Gasteiger partial charge in [0, 0.05) is 25.2 Å². The molecule has 0 bridgehead atoms. The van der Waals surface area contributed by atoms with Gasteiger partial charge in [0.1, 0.15) is 17.7 Å². The largest absolute Gasteiger partial charge is 0.354 e. The molecule has 1 fully saturated rings. The Morgan fingerprint density at radius 2 is 1.69 bits per heavy atom. The zero-order chi connectivity index (χ0) is 23.1. The fourth-order valence-corrected chi connectivity index (χ4v) is 3.82. The molecule has 0 aromatic heterocycles. The summed E-state index contributed by atoms with van der Waals surface area (Å²) < 4.78 is 27.2. The number of benzene rings is 2. The van der Waals surface area contributed by atoms with Crippen molar-refractivity contribution in [2.24, 2.45) is 5.92 Å². The number of hydrogen-bond acceptors (Lipinski definition) is 3. The third-order valence-electron chi connectivity index (χ3n) is 5.63. The van der Waals surface area contributed by atoms with Crippen molar-refractivity contribution in [3.63, 3.8) is 0 Å². The summed E-state index contributed by atoms with van der Waals surface area (Å²) in [5.74, 6) is -2.36. The molecule has 3 amide bonds. The van der Waals surface area contributed by atoms with Crippen LogP contribution in [0.3, 0.4) is 0 Å². The summed E-state index contributed by atoms with van der Waals surface area (Å²) >= 11 is 0. The van der Waals surface area contributed by atoms with Crippen molar-refractivity contribution >= 4 is 17.7 Å². The van der Waals surface area contributed by atoms with Gasteiger partial charge in [0.05, 0.1) is 5.56 Å². The van der Waals surface area contributed by atoms with E-state index in [1.54, 1.807) is 11.0 Å². The molecule has 1 heterocycles. The average molecular weight is 443 g/mol. The van der Waals surface area contributed by atoms with Crippen LogP contribution in [0.2, 0.25) is 0 Å². The normalized spacial score (nSPS) is 15.2. The SMILES string of the molecule is CCCNC(=O)[C@@H](NC(=O)c1ccc(F)cc1)C1CCN(C(=O)c2ccccc2F)CC1. The number of piperidine rings is 1. The van der Waals surface area contributed by atoms with Gasteiger partial charge >= 0.3 is 0 Å². The van der Waals surface area contributed by atoms with Crippen LogP contribution in [0, 0.1) is 17.6 Å². The zero-order valence-corrected chi connectivity index (χ0v) is 17.9. The molecule has 1 atom stereocenters. The highest BCUT2D eigenvalue weighted by Crippen LogP contribution is 2.23. The first-order valence-corrected chi connectivity index (χ1v) is 10.8. The number of carbonyl (C=O) groups excluding carboxylic acids is 3. The van der Waals surface area contributed by atoms with Gasteiger partial charge in [-0.05, 0) is 61.6 Å². The fourth-order valence-electron chi connectivity index (χ4n) is 3.82. The van der Waals surface area contributed by atoms with E-state index in [0.717, 1.165) is 6.42 Å². The molecule has 1 aliphatic rings. The molecule has 8 heteroatoms. The maximum atomic E-state index is 14.0. The van der Waals surface area contributed by atoms with Gasteiger partial charge in [0.25, 0.3) is 11.8 Å². The maximum Gasteiger partial charge on any atom is 0.256 e. The second kappa shape index (κ2) is 10.8. The van der Waals surface area contributed by atoms with E-state index in [1.165, 1.54) is 42.5 Å². The van der Waals surface area contributed by atoms with Crippen molar-refractivity contribution in [1.82, 2.24) is 15.5 Å². The van der Waals surface area contributed by atoms with Crippen LogP contribution in [0.15, 0.2) is 48.5 Å². The van der Waals surface area contributed by atoms with E-state index >= 15 is 0 Å². The van der Waals surface area contributed by atoms with Gasteiger partial charge < -0.3 is 15.5 Å². The van der Waals surface area contributed by atoms with Crippen LogP contribution in [0.1, 0.15) is 46.9 Å². The summed E-state index contributed by atoms with van der Waals surface area (Å²) in [6.45, 7) is 3.11. The molecule has 0 radical (unpaired) electrons. The van der Waals surface area contributed by atoms with Crippen LogP contribution in [-0.2, 0) is 4.79 Å². The molecule has 0 saturated carbocycles. The van der Waals surface area contributed by atoms with Gasteiger partial charge in [-0.1, -0.05) is 19.1 Å². The number of halogens is 2. The molecule has 1 saturated heterocycles. The van der Waals surface area contributed by atoms with E-state index < -0.39 is 23.6 Å². The Morgan fingerprint density at radius 3 is 2.31 bits per heavy atom. The number of rotatable bonds is 7. The summed E-state index contributed by atoms with van der Waals surface area (Å²) in [7, 11) is 0. The lowest BCUT2D eigenvalue weighted by Crippen LogP contribution is -2.54. The van der Waals surface area contributed by atoms with Crippen LogP contribution >= 0.6 is 0 Å². The first-order chi connectivity index (χ1) is 15.4. The molecule has 0 spiro atoms. The number of carbonyl (C=O) groups is 3. The summed E-state index contributed by atoms with van der Waals surface area (Å²) in [4.78, 5) is 39.7. The lowest BCUT2D eigenvalue weighted by molar-refractivity contribution is -0.124. The molecule has 2 aromatic rings. The molecule has 170 valence electrons. The van der Waals surface area contributed by atoms with E-state index in [1.807, 2.05) is 6.92 Å². The number of nitrogens with one attached hydrogen (secondary N) is 2. The van der Waals surface area contributed by atoms with E-state index in [9.17, 15) is 23.2 Å². The van der Waals surface area contributed by atoms with Crippen molar-refractivity contribution in [2.75, 3.05) is 19.6 Å². The van der Waals surface area contributed by atoms with Crippen LogP contribution in [0.5, 0.6) is 0 Å². The highest BCUT2D eigenvalue weighted by Gasteiger charge is 2.34. The van der Waals surface area contributed by atoms with E-state index in [4.69, 9.17) is 0 Å². The smallest absolute Gasteiger partial charge is 0.256 e. The Balaban J connectivity index is 1.68. The molecular weight excluding hydrogens is 416 g/mol. The number of hydrogen-bond donors (Lipinski definition) is 2. The third-order valence-corrected chi connectivity index (χ3v) is 5.63. The minimum absolute atomic E-state index is 0.0211. The van der Waals surface area contributed by atoms with Crippen molar-refractivity contribution in [2.45, 2.75) is 32.2 Å². The van der Waals surface area contributed by atoms with Gasteiger partial charge in [-0.15, -0.1) is 0 Å². The Morgan fingerprint density at radius 1 is 1.03 bits per heavy atom. The lowest BCUT2D eigenvalue weighted by Gasteiger charge is -2.36. The summed E-state index contributed by atoms with van der Waals surface area (Å²) in [5, 5.41) is 5.60. The summed E-state index contributed by atoms with van der Waals surface area (Å²) in [5.41, 5.74) is 0.277. The van der Waals surface area contributed by atoms with Gasteiger partial charge in [0.2, 0.25) is 5.91 Å². The molecule has 2 aromatic carbocycles. The topological polar surface area (TPSA) is 78.5 Å². The van der Waals surface area contributed by atoms with Crippen molar-refractivity contribution in [3.05, 3.63) is 71.3 Å². The molecule has 0 aliphatic carbocycles. The molecule has 32 heavy (non-hydrogen) atoms. The predicted molar refractivity (Wildman–Crippen MR) is 116 cm³/mol. The second-order valence-corrected chi connectivity index (χ2v) is 7.86. The third kappa shape index (κ3) is 5.69. The maximum absolute atomic E-state index is 14.0. The van der Waals surface area contributed by atoms with E-state index in [2.05, 4.69) is 10.6 Å². The average Bonchev–Trinajstić information content (AvgIpc) is 2.81. The van der Waals surface area contributed by atoms with Gasteiger partial charge in [0.15, 0.2) is 0 Å².